The molecule has 0 radical (unpaired) electrons. The van der Waals surface area contributed by atoms with E-state index in [1.54, 1.807) is 24.5 Å². The molecule has 1 aliphatic heterocycles. The van der Waals surface area contributed by atoms with Crippen LogP contribution in [0, 0.1) is 5.41 Å². The van der Waals surface area contributed by atoms with Crippen molar-refractivity contribution in [3.8, 4) is 10.4 Å². The molecule has 0 spiro atoms. The SMILES string of the molecule is CN1C(=N)N[C@](C)(c2ccc(-c3cc(Cl)cc(Cl)c3)s2)CC1=O. The number of guanidine groups is 1. The largest absolute Gasteiger partial charge is 0.345 e. The Bertz CT molecular complexity index is 764. The maximum absolute atomic E-state index is 12.1. The Morgan fingerprint density at radius 2 is 1.91 bits per heavy atom. The van der Waals surface area contributed by atoms with Gasteiger partial charge in [-0.1, -0.05) is 23.2 Å². The van der Waals surface area contributed by atoms with E-state index in [2.05, 4.69) is 5.32 Å². The van der Waals surface area contributed by atoms with Gasteiger partial charge in [0.25, 0.3) is 0 Å². The van der Waals surface area contributed by atoms with E-state index in [9.17, 15) is 4.79 Å². The molecule has 2 aromatic rings. The Morgan fingerprint density at radius 3 is 2.52 bits per heavy atom. The minimum atomic E-state index is -0.577. The molecule has 2 N–H and O–H groups in total. The number of nitrogens with one attached hydrogen (secondary N) is 2. The fourth-order valence-corrected chi connectivity index (χ4v) is 4.19. The second-order valence-corrected chi connectivity index (χ2v) is 7.71. The minimum Gasteiger partial charge on any atom is -0.345 e. The molecule has 1 atom stereocenters. The quantitative estimate of drug-likeness (QED) is 0.829. The second kappa shape index (κ2) is 5.82. The van der Waals surface area contributed by atoms with Gasteiger partial charge in [0.15, 0.2) is 5.96 Å². The fourth-order valence-electron chi connectivity index (χ4n) is 2.57. The number of halogens is 2. The van der Waals surface area contributed by atoms with Crippen LogP contribution >= 0.6 is 34.5 Å². The zero-order chi connectivity index (χ0) is 16.8. The molecule has 0 bridgehead atoms. The highest BCUT2D eigenvalue weighted by atomic mass is 35.5. The van der Waals surface area contributed by atoms with Crippen LogP contribution in [0.15, 0.2) is 30.3 Å². The Hall–Kier alpha value is -1.56. The lowest BCUT2D eigenvalue weighted by atomic mass is 9.93. The number of benzene rings is 1. The minimum absolute atomic E-state index is 0.0722. The molecule has 1 fully saturated rings. The summed E-state index contributed by atoms with van der Waals surface area (Å²) in [4.78, 5) is 15.4. The van der Waals surface area contributed by atoms with Crippen molar-refractivity contribution < 1.29 is 4.79 Å². The zero-order valence-corrected chi connectivity index (χ0v) is 14.9. The summed E-state index contributed by atoms with van der Waals surface area (Å²) in [5, 5.41) is 12.2. The normalized spacial score (nSPS) is 21.5. The molecule has 3 rings (SSSR count). The topological polar surface area (TPSA) is 56.2 Å². The van der Waals surface area contributed by atoms with Crippen LogP contribution in [0.4, 0.5) is 0 Å². The Morgan fingerprint density at radius 1 is 1.26 bits per heavy atom. The van der Waals surface area contributed by atoms with Crippen molar-refractivity contribution in [2.45, 2.75) is 18.9 Å². The third-order valence-corrected chi connectivity index (χ3v) is 5.74. The summed E-state index contributed by atoms with van der Waals surface area (Å²) >= 11 is 13.7. The summed E-state index contributed by atoms with van der Waals surface area (Å²) in [6.45, 7) is 1.94. The first-order chi connectivity index (χ1) is 10.8. The average Bonchev–Trinajstić information content (AvgIpc) is 2.94. The van der Waals surface area contributed by atoms with E-state index < -0.39 is 5.54 Å². The summed E-state index contributed by atoms with van der Waals surface area (Å²) in [5.74, 6) is 0.0431. The van der Waals surface area contributed by atoms with Crippen LogP contribution in [0.3, 0.4) is 0 Å². The molecular formula is C16H15Cl2N3OS. The van der Waals surface area contributed by atoms with Gasteiger partial charge in [-0.3, -0.25) is 15.1 Å². The molecule has 0 unspecified atom stereocenters. The van der Waals surface area contributed by atoms with Crippen molar-refractivity contribution in [2.75, 3.05) is 7.05 Å². The summed E-state index contributed by atoms with van der Waals surface area (Å²) < 4.78 is 0. The first-order valence-electron chi connectivity index (χ1n) is 6.98. The van der Waals surface area contributed by atoms with Crippen LogP contribution in [0.2, 0.25) is 10.0 Å². The van der Waals surface area contributed by atoms with Gasteiger partial charge in [0.05, 0.1) is 12.0 Å². The molecule has 2 heterocycles. The molecule has 0 saturated carbocycles. The van der Waals surface area contributed by atoms with Gasteiger partial charge >= 0.3 is 0 Å². The molecule has 1 aromatic heterocycles. The lowest BCUT2D eigenvalue weighted by molar-refractivity contribution is -0.129. The first-order valence-corrected chi connectivity index (χ1v) is 8.56. The van der Waals surface area contributed by atoms with Gasteiger partial charge in [-0.15, -0.1) is 11.3 Å². The van der Waals surface area contributed by atoms with Crippen LogP contribution in [-0.2, 0) is 10.3 Å². The number of amides is 1. The number of hydrogen-bond acceptors (Lipinski definition) is 3. The lowest BCUT2D eigenvalue weighted by Gasteiger charge is -2.38. The number of carbonyl (C=O) groups is 1. The van der Waals surface area contributed by atoms with Crippen LogP contribution < -0.4 is 5.32 Å². The summed E-state index contributed by atoms with van der Waals surface area (Å²) in [7, 11) is 1.60. The number of carbonyl (C=O) groups excluding carboxylic acids is 1. The zero-order valence-electron chi connectivity index (χ0n) is 12.6. The molecule has 120 valence electrons. The predicted octanol–water partition coefficient (Wildman–Crippen LogP) is 4.32. The van der Waals surface area contributed by atoms with Crippen molar-refractivity contribution in [3.05, 3.63) is 45.3 Å². The van der Waals surface area contributed by atoms with Crippen LogP contribution in [-0.4, -0.2) is 23.8 Å². The van der Waals surface area contributed by atoms with Crippen molar-refractivity contribution in [1.29, 1.82) is 5.41 Å². The van der Waals surface area contributed by atoms with Crippen molar-refractivity contribution >= 4 is 46.4 Å². The summed E-state index contributed by atoms with van der Waals surface area (Å²) in [5.41, 5.74) is 0.364. The second-order valence-electron chi connectivity index (χ2n) is 5.76. The molecule has 4 nitrogen and oxygen atoms in total. The molecule has 23 heavy (non-hydrogen) atoms. The fraction of sp³-hybridized carbons (Fsp3) is 0.250. The van der Waals surface area contributed by atoms with E-state index in [1.165, 1.54) is 4.90 Å². The van der Waals surface area contributed by atoms with Gasteiger partial charge in [0.2, 0.25) is 5.91 Å². The van der Waals surface area contributed by atoms with Crippen molar-refractivity contribution in [1.82, 2.24) is 10.2 Å². The molecule has 1 amide bonds. The smallest absolute Gasteiger partial charge is 0.231 e. The molecule has 1 aromatic carbocycles. The molecular weight excluding hydrogens is 353 g/mol. The van der Waals surface area contributed by atoms with E-state index in [0.717, 1.165) is 15.3 Å². The van der Waals surface area contributed by atoms with Gasteiger partial charge < -0.3 is 5.32 Å². The molecule has 7 heteroatoms. The highest BCUT2D eigenvalue weighted by Crippen LogP contribution is 2.38. The number of rotatable bonds is 2. The van der Waals surface area contributed by atoms with Gasteiger partial charge in [0, 0.05) is 26.8 Å². The van der Waals surface area contributed by atoms with Crippen molar-refractivity contribution in [3.63, 3.8) is 0 Å². The Kier molecular flexibility index (Phi) is 4.12. The third-order valence-electron chi connectivity index (χ3n) is 3.91. The third kappa shape index (κ3) is 3.09. The van der Waals surface area contributed by atoms with E-state index in [1.807, 2.05) is 31.2 Å². The Labute approximate surface area is 148 Å². The average molecular weight is 368 g/mol. The predicted molar refractivity (Wildman–Crippen MR) is 95.4 cm³/mol. The van der Waals surface area contributed by atoms with Crippen LogP contribution in [0.25, 0.3) is 10.4 Å². The van der Waals surface area contributed by atoms with Gasteiger partial charge in [-0.05, 0) is 42.8 Å². The lowest BCUT2D eigenvalue weighted by Crippen LogP contribution is -2.57. The maximum atomic E-state index is 12.1. The first kappa shape index (κ1) is 16.3. The Balaban J connectivity index is 1.95. The van der Waals surface area contributed by atoms with E-state index in [0.29, 0.717) is 16.5 Å². The molecule has 1 saturated heterocycles. The molecule has 0 aliphatic carbocycles. The van der Waals surface area contributed by atoms with E-state index in [4.69, 9.17) is 28.6 Å². The van der Waals surface area contributed by atoms with Crippen molar-refractivity contribution in [2.24, 2.45) is 0 Å². The number of nitrogens with zero attached hydrogens (tertiary/aromatic N) is 1. The van der Waals surface area contributed by atoms with Gasteiger partial charge in [-0.25, -0.2) is 0 Å². The van der Waals surface area contributed by atoms with Gasteiger partial charge in [0.1, 0.15) is 0 Å². The highest BCUT2D eigenvalue weighted by Gasteiger charge is 2.38. The monoisotopic (exact) mass is 367 g/mol. The highest BCUT2D eigenvalue weighted by molar-refractivity contribution is 7.15. The maximum Gasteiger partial charge on any atom is 0.231 e. The van der Waals surface area contributed by atoms with E-state index >= 15 is 0 Å². The van der Waals surface area contributed by atoms with Gasteiger partial charge in [-0.2, -0.15) is 0 Å². The van der Waals surface area contributed by atoms with Crippen LogP contribution in [0.1, 0.15) is 18.2 Å². The summed E-state index contributed by atoms with van der Waals surface area (Å²) in [6, 6.07) is 9.39. The number of thiophene rings is 1. The number of hydrogen-bond donors (Lipinski definition) is 2. The van der Waals surface area contributed by atoms with E-state index in [-0.39, 0.29) is 11.9 Å². The standard InChI is InChI=1S/C16H15Cl2N3OS/c1-16(8-14(22)21(2)15(19)20-16)13-4-3-12(23-13)9-5-10(17)7-11(18)6-9/h3-7H,8H2,1-2H3,(H2,19,20)/t16-/m0/s1. The molecule has 1 aliphatic rings. The van der Waals surface area contributed by atoms with Crippen LogP contribution in [0.5, 0.6) is 0 Å². The summed E-state index contributed by atoms with van der Waals surface area (Å²) in [6.07, 6.45) is 0.308.